The van der Waals surface area contributed by atoms with Gasteiger partial charge >= 0.3 is 6.09 Å². The number of rotatable bonds is 0. The standard InChI is InChI=1S/C11H22N2O2/c1-7-6-13(10(14)15)9(8(2)12-7)11(3,4)5/h7-9,12H,6H2,1-5H3,(H,14,15)/t7-,8+,9?/m0/s1. The molecule has 1 amide bonds. The molecule has 1 aliphatic heterocycles. The molecule has 1 unspecified atom stereocenters. The molecule has 0 aromatic heterocycles. The summed E-state index contributed by atoms with van der Waals surface area (Å²) in [4.78, 5) is 12.8. The Morgan fingerprint density at radius 3 is 2.33 bits per heavy atom. The Kier molecular flexibility index (Phi) is 3.28. The Balaban J connectivity index is 2.93. The van der Waals surface area contributed by atoms with E-state index in [1.807, 2.05) is 6.92 Å². The monoisotopic (exact) mass is 214 g/mol. The number of hydrogen-bond acceptors (Lipinski definition) is 2. The number of nitrogens with zero attached hydrogens (tertiary/aromatic N) is 1. The Bertz CT molecular complexity index is 247. The fourth-order valence-electron chi connectivity index (χ4n) is 2.69. The largest absolute Gasteiger partial charge is 0.465 e. The van der Waals surface area contributed by atoms with Crippen LogP contribution in [0.4, 0.5) is 4.79 Å². The van der Waals surface area contributed by atoms with Crippen molar-refractivity contribution in [1.82, 2.24) is 10.2 Å². The molecule has 4 heteroatoms. The van der Waals surface area contributed by atoms with Crippen LogP contribution in [-0.2, 0) is 0 Å². The lowest BCUT2D eigenvalue weighted by Gasteiger charge is -2.48. The molecule has 0 aliphatic carbocycles. The van der Waals surface area contributed by atoms with Gasteiger partial charge in [0.1, 0.15) is 0 Å². The molecule has 1 fully saturated rings. The summed E-state index contributed by atoms with van der Waals surface area (Å²) in [7, 11) is 0. The summed E-state index contributed by atoms with van der Waals surface area (Å²) in [5.74, 6) is 0. The molecule has 1 saturated heterocycles. The molecule has 3 atom stereocenters. The third-order valence-electron chi connectivity index (χ3n) is 2.96. The molecule has 4 nitrogen and oxygen atoms in total. The molecule has 1 heterocycles. The van der Waals surface area contributed by atoms with Crippen LogP contribution in [0.3, 0.4) is 0 Å². The number of piperazine rings is 1. The summed E-state index contributed by atoms with van der Waals surface area (Å²) in [6, 6.07) is 0.464. The minimum Gasteiger partial charge on any atom is -0.465 e. The normalized spacial score (nSPS) is 32.9. The molecule has 0 aromatic carbocycles. The van der Waals surface area contributed by atoms with Crippen molar-refractivity contribution < 1.29 is 9.90 Å². The third kappa shape index (κ3) is 2.62. The van der Waals surface area contributed by atoms with E-state index in [9.17, 15) is 9.90 Å². The van der Waals surface area contributed by atoms with Gasteiger partial charge in [0, 0.05) is 18.6 Å². The van der Waals surface area contributed by atoms with Crippen LogP contribution in [0.1, 0.15) is 34.6 Å². The summed E-state index contributed by atoms with van der Waals surface area (Å²) in [6.07, 6.45) is -0.810. The van der Waals surface area contributed by atoms with Gasteiger partial charge in [0.15, 0.2) is 0 Å². The summed E-state index contributed by atoms with van der Waals surface area (Å²) in [5.41, 5.74) is -0.0368. The quantitative estimate of drug-likeness (QED) is 0.646. The third-order valence-corrected chi connectivity index (χ3v) is 2.96. The van der Waals surface area contributed by atoms with E-state index in [0.29, 0.717) is 6.54 Å². The highest BCUT2D eigenvalue weighted by atomic mass is 16.4. The number of carbonyl (C=O) groups is 1. The van der Waals surface area contributed by atoms with Gasteiger partial charge in [-0.3, -0.25) is 0 Å². The molecule has 0 spiro atoms. The highest BCUT2D eigenvalue weighted by molar-refractivity contribution is 5.66. The first-order valence-corrected chi connectivity index (χ1v) is 5.49. The van der Waals surface area contributed by atoms with Gasteiger partial charge in [-0.1, -0.05) is 20.8 Å². The number of amides is 1. The van der Waals surface area contributed by atoms with Crippen LogP contribution in [0.15, 0.2) is 0 Å². The van der Waals surface area contributed by atoms with Gasteiger partial charge in [0.05, 0.1) is 6.04 Å². The first-order valence-electron chi connectivity index (χ1n) is 5.49. The van der Waals surface area contributed by atoms with Crippen LogP contribution < -0.4 is 5.32 Å². The Hall–Kier alpha value is -0.770. The lowest BCUT2D eigenvalue weighted by Crippen LogP contribution is -2.65. The molecular formula is C11H22N2O2. The second kappa shape index (κ2) is 4.00. The number of hydrogen-bond donors (Lipinski definition) is 2. The maximum atomic E-state index is 11.2. The van der Waals surface area contributed by atoms with Crippen molar-refractivity contribution in [2.24, 2.45) is 5.41 Å². The van der Waals surface area contributed by atoms with E-state index in [4.69, 9.17) is 0 Å². The Labute approximate surface area is 91.6 Å². The maximum absolute atomic E-state index is 11.2. The maximum Gasteiger partial charge on any atom is 0.407 e. The molecule has 0 saturated carbocycles. The van der Waals surface area contributed by atoms with Gasteiger partial charge in [-0.2, -0.15) is 0 Å². The van der Waals surface area contributed by atoms with Crippen molar-refractivity contribution in [3.8, 4) is 0 Å². The van der Waals surface area contributed by atoms with Crippen LogP contribution in [-0.4, -0.2) is 40.8 Å². The molecule has 0 bridgehead atoms. The SMILES string of the molecule is C[C@H]1CN(C(=O)O)C(C(C)(C)C)[C@@H](C)N1. The van der Waals surface area contributed by atoms with Crippen LogP contribution in [0.5, 0.6) is 0 Å². The predicted molar refractivity (Wildman–Crippen MR) is 60.0 cm³/mol. The van der Waals surface area contributed by atoms with Crippen molar-refractivity contribution in [3.63, 3.8) is 0 Å². The molecular weight excluding hydrogens is 192 g/mol. The van der Waals surface area contributed by atoms with Crippen molar-refractivity contribution in [2.75, 3.05) is 6.54 Å². The summed E-state index contributed by atoms with van der Waals surface area (Å²) in [6.45, 7) is 10.9. The number of nitrogens with one attached hydrogen (secondary N) is 1. The van der Waals surface area contributed by atoms with E-state index in [2.05, 4.69) is 33.0 Å². The minimum atomic E-state index is -0.810. The van der Waals surface area contributed by atoms with E-state index >= 15 is 0 Å². The molecule has 88 valence electrons. The van der Waals surface area contributed by atoms with Gasteiger partial charge in [-0.05, 0) is 19.3 Å². The van der Waals surface area contributed by atoms with Gasteiger partial charge in [0.25, 0.3) is 0 Å². The molecule has 15 heavy (non-hydrogen) atoms. The predicted octanol–water partition coefficient (Wildman–Crippen LogP) is 1.76. The second-order valence-electron chi connectivity index (χ2n) is 5.60. The van der Waals surface area contributed by atoms with Crippen LogP contribution in [0, 0.1) is 5.41 Å². The Morgan fingerprint density at radius 1 is 1.40 bits per heavy atom. The van der Waals surface area contributed by atoms with Gasteiger partial charge in [0.2, 0.25) is 0 Å². The fraction of sp³-hybridized carbons (Fsp3) is 0.909. The molecule has 0 radical (unpaired) electrons. The highest BCUT2D eigenvalue weighted by Gasteiger charge is 2.41. The van der Waals surface area contributed by atoms with E-state index in [-0.39, 0.29) is 23.5 Å². The second-order valence-corrected chi connectivity index (χ2v) is 5.60. The molecule has 1 aliphatic rings. The van der Waals surface area contributed by atoms with Crippen molar-refractivity contribution >= 4 is 6.09 Å². The molecule has 2 N–H and O–H groups in total. The summed E-state index contributed by atoms with van der Waals surface area (Å²) < 4.78 is 0. The van der Waals surface area contributed by atoms with E-state index in [1.54, 1.807) is 4.90 Å². The fourth-order valence-corrected chi connectivity index (χ4v) is 2.69. The van der Waals surface area contributed by atoms with Crippen LogP contribution in [0.25, 0.3) is 0 Å². The minimum absolute atomic E-state index is 0.0335. The Morgan fingerprint density at radius 2 is 1.93 bits per heavy atom. The van der Waals surface area contributed by atoms with Crippen molar-refractivity contribution in [2.45, 2.75) is 52.7 Å². The zero-order valence-corrected chi connectivity index (χ0v) is 10.2. The smallest absolute Gasteiger partial charge is 0.407 e. The summed E-state index contributed by atoms with van der Waals surface area (Å²) >= 11 is 0. The van der Waals surface area contributed by atoms with Crippen molar-refractivity contribution in [1.29, 1.82) is 0 Å². The first-order chi connectivity index (χ1) is 6.73. The lowest BCUT2D eigenvalue weighted by molar-refractivity contribution is 0.0327. The molecule has 0 aromatic rings. The molecule has 1 rings (SSSR count). The average Bonchev–Trinajstić information content (AvgIpc) is 1.99. The highest BCUT2D eigenvalue weighted by Crippen LogP contribution is 2.29. The average molecular weight is 214 g/mol. The summed E-state index contributed by atoms with van der Waals surface area (Å²) in [5, 5.41) is 12.6. The van der Waals surface area contributed by atoms with Crippen LogP contribution >= 0.6 is 0 Å². The zero-order valence-electron chi connectivity index (χ0n) is 10.2. The van der Waals surface area contributed by atoms with Gasteiger partial charge in [-0.25, -0.2) is 4.79 Å². The topological polar surface area (TPSA) is 52.6 Å². The van der Waals surface area contributed by atoms with E-state index in [1.165, 1.54) is 0 Å². The van der Waals surface area contributed by atoms with Gasteiger partial charge in [-0.15, -0.1) is 0 Å². The number of carboxylic acid groups (broad SMARTS) is 1. The first kappa shape index (κ1) is 12.3. The lowest BCUT2D eigenvalue weighted by atomic mass is 9.80. The van der Waals surface area contributed by atoms with Crippen molar-refractivity contribution in [3.05, 3.63) is 0 Å². The van der Waals surface area contributed by atoms with E-state index in [0.717, 1.165) is 0 Å². The van der Waals surface area contributed by atoms with Crippen LogP contribution in [0.2, 0.25) is 0 Å². The van der Waals surface area contributed by atoms with Gasteiger partial charge < -0.3 is 15.3 Å². The van der Waals surface area contributed by atoms with E-state index < -0.39 is 6.09 Å². The zero-order chi connectivity index (χ0) is 11.8.